The van der Waals surface area contributed by atoms with E-state index in [4.69, 9.17) is 4.74 Å². The van der Waals surface area contributed by atoms with E-state index in [1.165, 1.54) is 6.07 Å². The van der Waals surface area contributed by atoms with Crippen LogP contribution in [0.3, 0.4) is 0 Å². The molecule has 100 valence electrons. The molecule has 1 amide bonds. The van der Waals surface area contributed by atoms with E-state index in [9.17, 15) is 9.59 Å². The van der Waals surface area contributed by atoms with Crippen molar-refractivity contribution in [2.24, 2.45) is 0 Å². The molecule has 0 saturated heterocycles. The maximum atomic E-state index is 11.5. The summed E-state index contributed by atoms with van der Waals surface area (Å²) in [5.41, 5.74) is 0.495. The molecule has 0 fully saturated rings. The summed E-state index contributed by atoms with van der Waals surface area (Å²) < 4.78 is 5.16. The minimum Gasteiger partial charge on any atom is -0.369 e. The monoisotopic (exact) mass is 253 g/mol. The summed E-state index contributed by atoms with van der Waals surface area (Å²) in [6.45, 7) is 6.22. The minimum atomic E-state index is -0.459. The lowest BCUT2D eigenvalue weighted by Gasteiger charge is -2.11. The maximum absolute atomic E-state index is 11.5. The lowest BCUT2D eigenvalue weighted by atomic mass is 10.3. The summed E-state index contributed by atoms with van der Waals surface area (Å²) in [5.74, 6) is 0.413. The molecule has 1 aromatic heterocycles. The van der Waals surface area contributed by atoms with Crippen molar-refractivity contribution >= 4 is 5.91 Å². The van der Waals surface area contributed by atoms with Crippen molar-refractivity contribution < 1.29 is 9.53 Å². The Hall–Kier alpha value is -1.69. The minimum absolute atomic E-state index is 0.160. The summed E-state index contributed by atoms with van der Waals surface area (Å²) in [7, 11) is 0. The zero-order valence-electron chi connectivity index (χ0n) is 10.9. The lowest BCUT2D eigenvalue weighted by molar-refractivity contribution is -0.131. The van der Waals surface area contributed by atoms with Gasteiger partial charge in [0.25, 0.3) is 5.56 Å². The van der Waals surface area contributed by atoms with Gasteiger partial charge in [0.1, 0.15) is 11.9 Å². The van der Waals surface area contributed by atoms with Crippen LogP contribution >= 0.6 is 0 Å². The Morgan fingerprint density at radius 1 is 1.61 bits per heavy atom. The Kier molecular flexibility index (Phi) is 5.51. The number of carbonyl (C=O) groups is 1. The number of nitrogens with one attached hydrogen (secondary N) is 2. The zero-order valence-corrected chi connectivity index (χ0v) is 10.9. The third-order valence-corrected chi connectivity index (χ3v) is 2.37. The van der Waals surface area contributed by atoms with Gasteiger partial charge < -0.3 is 15.0 Å². The number of hydrogen-bond donors (Lipinski definition) is 2. The predicted molar refractivity (Wildman–Crippen MR) is 67.4 cm³/mol. The van der Waals surface area contributed by atoms with Gasteiger partial charge in [-0.25, -0.2) is 4.98 Å². The average Bonchev–Trinajstić information content (AvgIpc) is 2.27. The van der Waals surface area contributed by atoms with Crippen LogP contribution in [0.1, 0.15) is 25.4 Å². The van der Waals surface area contributed by atoms with E-state index in [1.54, 1.807) is 13.8 Å². The van der Waals surface area contributed by atoms with E-state index in [2.05, 4.69) is 15.3 Å². The molecule has 0 bridgehead atoms. The highest BCUT2D eigenvalue weighted by molar-refractivity contribution is 5.80. The SMILES string of the molecule is CCOC(C)C(=O)NCCc1nc(C)cc(=O)[nH]1. The molecule has 0 spiro atoms. The third-order valence-electron chi connectivity index (χ3n) is 2.37. The third kappa shape index (κ3) is 4.67. The molecule has 1 aromatic rings. The summed E-state index contributed by atoms with van der Waals surface area (Å²) >= 11 is 0. The van der Waals surface area contributed by atoms with Gasteiger partial charge in [-0.15, -0.1) is 0 Å². The van der Waals surface area contributed by atoms with Crippen molar-refractivity contribution in [3.8, 4) is 0 Å². The second-order valence-corrected chi connectivity index (χ2v) is 3.97. The first-order valence-corrected chi connectivity index (χ1v) is 5.99. The fourth-order valence-electron chi connectivity index (χ4n) is 1.53. The summed E-state index contributed by atoms with van der Waals surface area (Å²) in [4.78, 5) is 29.5. The van der Waals surface area contributed by atoms with Crippen molar-refractivity contribution in [3.05, 3.63) is 27.9 Å². The number of carbonyl (C=O) groups excluding carboxylic acids is 1. The first-order valence-electron chi connectivity index (χ1n) is 5.99. The molecule has 0 aliphatic carbocycles. The lowest BCUT2D eigenvalue weighted by Crippen LogP contribution is -2.36. The van der Waals surface area contributed by atoms with Gasteiger partial charge in [0.05, 0.1) is 0 Å². The van der Waals surface area contributed by atoms with Crippen LogP contribution in [-0.4, -0.2) is 35.1 Å². The Balaban J connectivity index is 2.42. The summed E-state index contributed by atoms with van der Waals surface area (Å²) in [5, 5.41) is 2.73. The fourth-order valence-corrected chi connectivity index (χ4v) is 1.53. The summed E-state index contributed by atoms with van der Waals surface area (Å²) in [6, 6.07) is 1.43. The van der Waals surface area contributed by atoms with Crippen LogP contribution in [0.2, 0.25) is 0 Å². The van der Waals surface area contributed by atoms with Gasteiger partial charge in [-0.1, -0.05) is 0 Å². The van der Waals surface area contributed by atoms with E-state index >= 15 is 0 Å². The van der Waals surface area contributed by atoms with Gasteiger partial charge in [0, 0.05) is 31.3 Å². The predicted octanol–water partition coefficient (Wildman–Crippen LogP) is 0.162. The number of ether oxygens (including phenoxy) is 1. The number of rotatable bonds is 6. The van der Waals surface area contributed by atoms with Gasteiger partial charge >= 0.3 is 0 Å². The highest BCUT2D eigenvalue weighted by Crippen LogP contribution is 1.92. The van der Waals surface area contributed by atoms with Crippen molar-refractivity contribution in [1.82, 2.24) is 15.3 Å². The Morgan fingerprint density at radius 3 is 2.94 bits per heavy atom. The Labute approximate surface area is 106 Å². The van der Waals surface area contributed by atoms with Crippen LogP contribution in [0.4, 0.5) is 0 Å². The Bertz CT molecular complexity index is 456. The Morgan fingerprint density at radius 2 is 2.33 bits per heavy atom. The number of amides is 1. The molecule has 0 aromatic carbocycles. The van der Waals surface area contributed by atoms with Gasteiger partial charge in [0.15, 0.2) is 0 Å². The smallest absolute Gasteiger partial charge is 0.251 e. The number of aryl methyl sites for hydroxylation is 1. The van der Waals surface area contributed by atoms with Crippen LogP contribution in [0, 0.1) is 6.92 Å². The van der Waals surface area contributed by atoms with Gasteiger partial charge in [-0.3, -0.25) is 9.59 Å². The van der Waals surface area contributed by atoms with E-state index < -0.39 is 6.10 Å². The zero-order chi connectivity index (χ0) is 13.5. The maximum Gasteiger partial charge on any atom is 0.251 e. The number of aromatic nitrogens is 2. The quantitative estimate of drug-likeness (QED) is 0.756. The van der Waals surface area contributed by atoms with Crippen molar-refractivity contribution in [2.75, 3.05) is 13.2 Å². The fraction of sp³-hybridized carbons (Fsp3) is 0.583. The van der Waals surface area contributed by atoms with E-state index in [0.717, 1.165) is 0 Å². The molecule has 6 heteroatoms. The molecule has 6 nitrogen and oxygen atoms in total. The van der Waals surface area contributed by atoms with Crippen LogP contribution in [0.5, 0.6) is 0 Å². The average molecular weight is 253 g/mol. The molecule has 0 radical (unpaired) electrons. The number of nitrogens with zero attached hydrogens (tertiary/aromatic N) is 1. The molecule has 0 aliphatic rings. The van der Waals surface area contributed by atoms with Gasteiger partial charge in [-0.2, -0.15) is 0 Å². The molecule has 1 heterocycles. The van der Waals surface area contributed by atoms with E-state index in [-0.39, 0.29) is 11.5 Å². The summed E-state index contributed by atoms with van der Waals surface area (Å²) in [6.07, 6.45) is 0.0288. The molecule has 18 heavy (non-hydrogen) atoms. The first-order chi connectivity index (χ1) is 8.52. The standard InChI is InChI=1S/C12H19N3O3/c1-4-18-9(3)12(17)13-6-5-10-14-8(2)7-11(16)15-10/h7,9H,4-6H2,1-3H3,(H,13,17)(H,14,15,16). The second-order valence-electron chi connectivity index (χ2n) is 3.97. The van der Waals surface area contributed by atoms with Crippen molar-refractivity contribution in [3.63, 3.8) is 0 Å². The van der Waals surface area contributed by atoms with Gasteiger partial charge in [-0.05, 0) is 20.8 Å². The van der Waals surface area contributed by atoms with Crippen molar-refractivity contribution in [1.29, 1.82) is 0 Å². The van der Waals surface area contributed by atoms with Crippen molar-refractivity contribution in [2.45, 2.75) is 33.3 Å². The van der Waals surface area contributed by atoms with Gasteiger partial charge in [0.2, 0.25) is 5.91 Å². The van der Waals surface area contributed by atoms with E-state index in [1.807, 2.05) is 6.92 Å². The van der Waals surface area contributed by atoms with Crippen LogP contribution in [0.25, 0.3) is 0 Å². The van der Waals surface area contributed by atoms with Crippen LogP contribution in [0.15, 0.2) is 10.9 Å². The highest BCUT2D eigenvalue weighted by atomic mass is 16.5. The molecule has 1 atom stereocenters. The van der Waals surface area contributed by atoms with Crippen LogP contribution < -0.4 is 10.9 Å². The highest BCUT2D eigenvalue weighted by Gasteiger charge is 2.11. The number of hydrogen-bond acceptors (Lipinski definition) is 4. The largest absolute Gasteiger partial charge is 0.369 e. The molecule has 0 saturated carbocycles. The number of aromatic amines is 1. The molecular formula is C12H19N3O3. The first kappa shape index (κ1) is 14.4. The molecule has 1 unspecified atom stereocenters. The molecule has 0 aliphatic heterocycles. The molecule has 2 N–H and O–H groups in total. The molecule has 1 rings (SSSR count). The topological polar surface area (TPSA) is 84.1 Å². The normalized spacial score (nSPS) is 12.2. The van der Waals surface area contributed by atoms with E-state index in [0.29, 0.717) is 31.1 Å². The molecular weight excluding hydrogens is 234 g/mol. The second kappa shape index (κ2) is 6.90. The number of H-pyrrole nitrogens is 1. The van der Waals surface area contributed by atoms with Crippen LogP contribution in [-0.2, 0) is 16.0 Å².